The molecule has 0 aromatic heterocycles. The molecule has 0 aromatic carbocycles. The minimum atomic E-state index is -4.40. The molecule has 0 aliphatic carbocycles. The molecule has 0 fully saturated rings. The number of rotatable bonds is 39. The molecule has 0 rings (SSSR count). The number of nitrogens with two attached hydrogens (primary N) is 1. The maximum atomic E-state index is 12.6. The minimum absolute atomic E-state index is 0.0402. The highest BCUT2D eigenvalue weighted by molar-refractivity contribution is 7.47. The van der Waals surface area contributed by atoms with Gasteiger partial charge >= 0.3 is 19.8 Å². The van der Waals surface area contributed by atoms with E-state index in [0.29, 0.717) is 12.8 Å². The number of ether oxygens (including phenoxy) is 2. The molecule has 55 heavy (non-hydrogen) atoms. The van der Waals surface area contributed by atoms with Gasteiger partial charge in [-0.15, -0.1) is 0 Å². The molecule has 10 heteroatoms. The van der Waals surface area contributed by atoms with Crippen LogP contribution in [0.15, 0.2) is 72.9 Å². The van der Waals surface area contributed by atoms with Gasteiger partial charge in [0.15, 0.2) is 6.10 Å². The smallest absolute Gasteiger partial charge is 0.462 e. The Hall–Kier alpha value is -2.55. The van der Waals surface area contributed by atoms with Crippen LogP contribution < -0.4 is 5.73 Å². The van der Waals surface area contributed by atoms with Crippen LogP contribution in [0.2, 0.25) is 0 Å². The maximum absolute atomic E-state index is 12.6. The average Bonchev–Trinajstić information content (AvgIpc) is 3.17. The first kappa shape index (κ1) is 52.5. The van der Waals surface area contributed by atoms with Crippen molar-refractivity contribution in [3.05, 3.63) is 72.9 Å². The zero-order chi connectivity index (χ0) is 40.3. The maximum Gasteiger partial charge on any atom is 0.472 e. The zero-order valence-corrected chi connectivity index (χ0v) is 35.5. The van der Waals surface area contributed by atoms with Gasteiger partial charge in [0.05, 0.1) is 13.2 Å². The number of carbonyl (C=O) groups is 2. The van der Waals surface area contributed by atoms with Crippen LogP contribution in [-0.2, 0) is 32.7 Å². The number of hydrogen-bond donors (Lipinski definition) is 2. The quantitative estimate of drug-likeness (QED) is 0.0270. The molecule has 1 unspecified atom stereocenters. The van der Waals surface area contributed by atoms with Gasteiger partial charge in [0.1, 0.15) is 6.61 Å². The van der Waals surface area contributed by atoms with Crippen molar-refractivity contribution in [2.75, 3.05) is 26.4 Å². The second-order valence-electron chi connectivity index (χ2n) is 13.8. The molecule has 0 spiro atoms. The molecule has 0 aliphatic rings. The van der Waals surface area contributed by atoms with Crippen LogP contribution in [0.3, 0.4) is 0 Å². The third kappa shape index (κ3) is 40.9. The van der Waals surface area contributed by atoms with E-state index in [4.69, 9.17) is 24.3 Å². The van der Waals surface area contributed by atoms with Crippen LogP contribution >= 0.6 is 7.82 Å². The Morgan fingerprint density at radius 2 is 0.945 bits per heavy atom. The molecule has 2 atom stereocenters. The van der Waals surface area contributed by atoms with E-state index in [1.165, 1.54) is 64.2 Å². The van der Waals surface area contributed by atoms with Crippen LogP contribution in [0.5, 0.6) is 0 Å². The largest absolute Gasteiger partial charge is 0.472 e. The molecule has 0 aromatic rings. The van der Waals surface area contributed by atoms with Gasteiger partial charge in [-0.1, -0.05) is 138 Å². The lowest BCUT2D eigenvalue weighted by molar-refractivity contribution is -0.161. The van der Waals surface area contributed by atoms with E-state index in [1.54, 1.807) is 0 Å². The standard InChI is InChI=1S/C45H78NO8P/c1-3-5-7-9-11-13-15-17-19-20-21-22-24-26-28-30-32-34-36-38-45(48)54-43(42-53-55(49,50)52-40-39-46)41-51-44(47)37-35-33-31-29-27-25-23-18-16-14-12-10-8-6-4-2/h11,13,17-19,21-23,26-29,43H,3-10,12,14-16,20,24-25,30-42,46H2,1-2H3,(H,49,50)/b13-11+,19-17+,22-21+,23-18+,28-26+,29-27+/t43-/m1/s1. The van der Waals surface area contributed by atoms with Crippen molar-refractivity contribution in [3.8, 4) is 0 Å². The fraction of sp³-hybridized carbons (Fsp3) is 0.689. The third-order valence-corrected chi connectivity index (χ3v) is 9.55. The lowest BCUT2D eigenvalue weighted by Crippen LogP contribution is -2.29. The summed E-state index contributed by atoms with van der Waals surface area (Å²) in [4.78, 5) is 34.8. The molecule has 3 N–H and O–H groups in total. The van der Waals surface area contributed by atoms with E-state index < -0.39 is 32.5 Å². The lowest BCUT2D eigenvalue weighted by atomic mass is 10.1. The SMILES string of the molecule is CCCCC/C=C/C/C=C/C/C=C/C/C=C/CCCCCC(=O)O[C@H](COC(=O)CCCC/C=C/C/C=C/CCCCCCCC)COP(=O)(O)OCCN. The molecule has 0 radical (unpaired) electrons. The van der Waals surface area contributed by atoms with Crippen molar-refractivity contribution < 1.29 is 37.6 Å². The Kier molecular flexibility index (Phi) is 39.2. The van der Waals surface area contributed by atoms with E-state index in [1.807, 2.05) is 0 Å². The summed E-state index contributed by atoms with van der Waals surface area (Å²) in [6.07, 6.45) is 49.3. The van der Waals surface area contributed by atoms with Gasteiger partial charge in [-0.2, -0.15) is 0 Å². The predicted octanol–water partition coefficient (Wildman–Crippen LogP) is 12.3. The fourth-order valence-corrected chi connectivity index (χ4v) is 6.12. The van der Waals surface area contributed by atoms with E-state index in [0.717, 1.165) is 64.2 Å². The number of phosphoric ester groups is 1. The first-order valence-corrected chi connectivity index (χ1v) is 22.9. The van der Waals surface area contributed by atoms with Crippen molar-refractivity contribution in [3.63, 3.8) is 0 Å². The van der Waals surface area contributed by atoms with Crippen LogP contribution in [0.1, 0.15) is 168 Å². The summed E-state index contributed by atoms with van der Waals surface area (Å²) in [5.41, 5.74) is 5.34. The summed E-state index contributed by atoms with van der Waals surface area (Å²) in [5, 5.41) is 0. The Balaban J connectivity index is 4.30. The molecule has 0 bridgehead atoms. The Labute approximate surface area is 335 Å². The van der Waals surface area contributed by atoms with Gasteiger partial charge in [0, 0.05) is 19.4 Å². The Morgan fingerprint density at radius 3 is 1.47 bits per heavy atom. The van der Waals surface area contributed by atoms with Crippen molar-refractivity contribution in [1.82, 2.24) is 0 Å². The molecule has 0 heterocycles. The van der Waals surface area contributed by atoms with E-state index in [2.05, 4.69) is 86.8 Å². The highest BCUT2D eigenvalue weighted by Crippen LogP contribution is 2.43. The van der Waals surface area contributed by atoms with Gasteiger partial charge in [0.25, 0.3) is 0 Å². The first-order valence-electron chi connectivity index (χ1n) is 21.4. The number of unbranched alkanes of at least 4 members (excludes halogenated alkanes) is 14. The summed E-state index contributed by atoms with van der Waals surface area (Å²) in [5.74, 6) is -0.909. The fourth-order valence-electron chi connectivity index (χ4n) is 5.35. The summed E-state index contributed by atoms with van der Waals surface area (Å²) in [6, 6.07) is 0. The van der Waals surface area contributed by atoms with Gasteiger partial charge in [-0.25, -0.2) is 4.57 Å². The summed E-state index contributed by atoms with van der Waals surface area (Å²) in [7, 11) is -4.40. The Bertz CT molecular complexity index is 1130. The average molecular weight is 792 g/mol. The lowest BCUT2D eigenvalue weighted by Gasteiger charge is -2.19. The summed E-state index contributed by atoms with van der Waals surface area (Å²) >= 11 is 0. The normalized spacial score (nSPS) is 14.0. The molecule has 316 valence electrons. The molecule has 0 amide bonds. The van der Waals surface area contributed by atoms with Crippen molar-refractivity contribution >= 4 is 19.8 Å². The topological polar surface area (TPSA) is 134 Å². The zero-order valence-electron chi connectivity index (χ0n) is 34.6. The molecule has 0 aliphatic heterocycles. The summed E-state index contributed by atoms with van der Waals surface area (Å²) < 4.78 is 32.7. The number of allylic oxidation sites excluding steroid dienone is 12. The molecular formula is C45H78NO8P. The van der Waals surface area contributed by atoms with Crippen LogP contribution in [-0.4, -0.2) is 49.3 Å². The number of phosphoric acid groups is 1. The first-order chi connectivity index (χ1) is 26.8. The molecule has 0 saturated carbocycles. The van der Waals surface area contributed by atoms with Gasteiger partial charge in [-0.3, -0.25) is 18.6 Å². The molecular weight excluding hydrogens is 713 g/mol. The molecule has 9 nitrogen and oxygen atoms in total. The highest BCUT2D eigenvalue weighted by Gasteiger charge is 2.25. The second-order valence-corrected chi connectivity index (χ2v) is 15.3. The van der Waals surface area contributed by atoms with Crippen LogP contribution in [0.4, 0.5) is 0 Å². The molecule has 0 saturated heterocycles. The third-order valence-electron chi connectivity index (χ3n) is 8.56. The van der Waals surface area contributed by atoms with Crippen LogP contribution in [0.25, 0.3) is 0 Å². The summed E-state index contributed by atoms with van der Waals surface area (Å²) in [6.45, 7) is 3.60. The van der Waals surface area contributed by atoms with Crippen molar-refractivity contribution in [1.29, 1.82) is 0 Å². The number of esters is 2. The number of carbonyl (C=O) groups excluding carboxylic acids is 2. The highest BCUT2D eigenvalue weighted by atomic mass is 31.2. The van der Waals surface area contributed by atoms with Gasteiger partial charge < -0.3 is 20.1 Å². The van der Waals surface area contributed by atoms with Crippen molar-refractivity contribution in [2.45, 2.75) is 174 Å². The van der Waals surface area contributed by atoms with Gasteiger partial charge in [0.2, 0.25) is 0 Å². The van der Waals surface area contributed by atoms with E-state index in [9.17, 15) is 19.0 Å². The van der Waals surface area contributed by atoms with Crippen molar-refractivity contribution in [2.24, 2.45) is 5.73 Å². The predicted molar refractivity (Wildman–Crippen MR) is 229 cm³/mol. The van der Waals surface area contributed by atoms with Gasteiger partial charge in [-0.05, 0) is 89.9 Å². The Morgan fingerprint density at radius 1 is 0.545 bits per heavy atom. The minimum Gasteiger partial charge on any atom is -0.462 e. The second kappa shape index (κ2) is 41.1. The van der Waals surface area contributed by atoms with Crippen LogP contribution in [0, 0.1) is 0 Å². The monoisotopic (exact) mass is 792 g/mol. The van der Waals surface area contributed by atoms with E-state index in [-0.39, 0.29) is 32.6 Å². The number of hydrogen-bond acceptors (Lipinski definition) is 8. The van der Waals surface area contributed by atoms with E-state index >= 15 is 0 Å².